The van der Waals surface area contributed by atoms with Gasteiger partial charge in [-0.2, -0.15) is 0 Å². The van der Waals surface area contributed by atoms with Gasteiger partial charge in [0, 0.05) is 25.3 Å². The normalized spacial score (nSPS) is 10.7. The summed E-state index contributed by atoms with van der Waals surface area (Å²) in [5, 5.41) is 0. The number of aromatic nitrogens is 1. The smallest absolute Gasteiger partial charge is 0.128 e. The molecule has 0 atom stereocenters. The summed E-state index contributed by atoms with van der Waals surface area (Å²) in [4.78, 5) is 6.69. The Balaban J connectivity index is 2.81. The fourth-order valence-electron chi connectivity index (χ4n) is 1.88. The molecule has 0 radical (unpaired) electrons. The Morgan fingerprint density at radius 2 is 2.07 bits per heavy atom. The third-order valence-corrected chi connectivity index (χ3v) is 2.70. The van der Waals surface area contributed by atoms with Crippen molar-refractivity contribution in [2.45, 2.75) is 32.7 Å². The topological polar surface area (TPSA) is 42.1 Å². The van der Waals surface area contributed by atoms with Crippen LogP contribution in [-0.4, -0.2) is 24.1 Å². The van der Waals surface area contributed by atoms with Gasteiger partial charge in [-0.15, -0.1) is 0 Å². The molecule has 1 rings (SSSR count). The highest BCUT2D eigenvalue weighted by atomic mass is 15.2. The van der Waals surface area contributed by atoms with Gasteiger partial charge in [-0.05, 0) is 25.0 Å². The van der Waals surface area contributed by atoms with E-state index in [2.05, 4.69) is 23.7 Å². The van der Waals surface area contributed by atoms with Gasteiger partial charge in [0.05, 0.1) is 0 Å². The number of nitrogens with zero attached hydrogens (tertiary/aromatic N) is 2. The second-order valence-corrected chi connectivity index (χ2v) is 3.64. The molecule has 84 valence electrons. The first kappa shape index (κ1) is 12.0. The van der Waals surface area contributed by atoms with Crippen molar-refractivity contribution < 1.29 is 0 Å². The predicted octanol–water partition coefficient (Wildman–Crippen LogP) is 2.04. The van der Waals surface area contributed by atoms with Gasteiger partial charge in [0.1, 0.15) is 5.82 Å². The van der Waals surface area contributed by atoms with Crippen molar-refractivity contribution in [3.05, 3.63) is 24.4 Å². The van der Waals surface area contributed by atoms with Crippen molar-refractivity contribution in [1.82, 2.24) is 4.98 Å². The van der Waals surface area contributed by atoms with Gasteiger partial charge in [0.2, 0.25) is 0 Å². The van der Waals surface area contributed by atoms with Crippen LogP contribution in [-0.2, 0) is 0 Å². The van der Waals surface area contributed by atoms with E-state index in [0.29, 0.717) is 12.6 Å². The van der Waals surface area contributed by atoms with Gasteiger partial charge in [-0.3, -0.25) is 0 Å². The molecule has 0 unspecified atom stereocenters. The van der Waals surface area contributed by atoms with Crippen LogP contribution in [0.3, 0.4) is 0 Å². The summed E-state index contributed by atoms with van der Waals surface area (Å²) in [5.74, 6) is 1.04. The lowest BCUT2D eigenvalue weighted by Crippen LogP contribution is -2.38. The summed E-state index contributed by atoms with van der Waals surface area (Å²) in [7, 11) is 0. The minimum Gasteiger partial charge on any atom is -0.352 e. The summed E-state index contributed by atoms with van der Waals surface area (Å²) in [6.07, 6.45) is 4.10. The van der Waals surface area contributed by atoms with Crippen LogP contribution in [0.1, 0.15) is 26.7 Å². The summed E-state index contributed by atoms with van der Waals surface area (Å²) in [6.45, 7) is 5.97. The molecule has 0 spiro atoms. The molecule has 1 aromatic rings. The van der Waals surface area contributed by atoms with Crippen LogP contribution in [0.5, 0.6) is 0 Å². The van der Waals surface area contributed by atoms with Crippen LogP contribution >= 0.6 is 0 Å². The van der Waals surface area contributed by atoms with Crippen LogP contribution < -0.4 is 10.6 Å². The molecule has 0 bridgehead atoms. The maximum atomic E-state index is 5.64. The van der Waals surface area contributed by atoms with Gasteiger partial charge in [-0.1, -0.05) is 19.9 Å². The number of hydrogen-bond acceptors (Lipinski definition) is 3. The Bertz CT molecular complexity index is 257. The number of pyridine rings is 1. The van der Waals surface area contributed by atoms with Crippen molar-refractivity contribution in [2.75, 3.05) is 18.0 Å². The van der Waals surface area contributed by atoms with E-state index >= 15 is 0 Å². The SMILES string of the molecule is CCC(CC)N(CCN)c1ccccn1. The summed E-state index contributed by atoms with van der Waals surface area (Å²) < 4.78 is 0. The van der Waals surface area contributed by atoms with E-state index in [4.69, 9.17) is 5.73 Å². The number of nitrogens with two attached hydrogens (primary N) is 1. The average Bonchev–Trinajstić information content (AvgIpc) is 2.30. The Labute approximate surface area is 92.3 Å². The third-order valence-electron chi connectivity index (χ3n) is 2.70. The standard InChI is InChI=1S/C12H21N3/c1-3-11(4-2)15(10-8-13)12-7-5-6-9-14-12/h5-7,9,11H,3-4,8,10,13H2,1-2H3. The number of hydrogen-bond donors (Lipinski definition) is 1. The summed E-state index contributed by atoms with van der Waals surface area (Å²) in [6, 6.07) is 6.56. The Hall–Kier alpha value is -1.09. The molecule has 0 saturated heterocycles. The van der Waals surface area contributed by atoms with Crippen molar-refractivity contribution in [2.24, 2.45) is 5.73 Å². The molecule has 3 heteroatoms. The monoisotopic (exact) mass is 207 g/mol. The zero-order valence-electron chi connectivity index (χ0n) is 9.69. The molecule has 0 amide bonds. The summed E-state index contributed by atoms with van der Waals surface area (Å²) >= 11 is 0. The molecule has 0 fully saturated rings. The first-order chi connectivity index (χ1) is 7.33. The first-order valence-corrected chi connectivity index (χ1v) is 5.71. The largest absolute Gasteiger partial charge is 0.352 e. The van der Waals surface area contributed by atoms with Gasteiger partial charge >= 0.3 is 0 Å². The molecule has 3 nitrogen and oxygen atoms in total. The van der Waals surface area contributed by atoms with Gasteiger partial charge in [0.25, 0.3) is 0 Å². The maximum absolute atomic E-state index is 5.64. The fourth-order valence-corrected chi connectivity index (χ4v) is 1.88. The lowest BCUT2D eigenvalue weighted by Gasteiger charge is -2.31. The predicted molar refractivity (Wildman–Crippen MR) is 65.0 cm³/mol. The maximum Gasteiger partial charge on any atom is 0.128 e. The van der Waals surface area contributed by atoms with Crippen molar-refractivity contribution in [1.29, 1.82) is 0 Å². The van der Waals surface area contributed by atoms with Gasteiger partial charge < -0.3 is 10.6 Å². The molecule has 0 aliphatic carbocycles. The zero-order valence-corrected chi connectivity index (χ0v) is 9.69. The number of anilines is 1. The second kappa shape index (κ2) is 6.40. The van der Waals surface area contributed by atoms with Gasteiger partial charge in [0.15, 0.2) is 0 Å². The highest BCUT2D eigenvalue weighted by Crippen LogP contribution is 2.16. The van der Waals surface area contributed by atoms with E-state index in [-0.39, 0.29) is 0 Å². The molecule has 15 heavy (non-hydrogen) atoms. The molecular formula is C12H21N3. The minimum atomic E-state index is 0.545. The first-order valence-electron chi connectivity index (χ1n) is 5.71. The molecule has 0 aliphatic heterocycles. The van der Waals surface area contributed by atoms with Crippen molar-refractivity contribution >= 4 is 5.82 Å². The molecular weight excluding hydrogens is 186 g/mol. The van der Waals surface area contributed by atoms with Crippen LogP contribution in [0, 0.1) is 0 Å². The van der Waals surface area contributed by atoms with Crippen molar-refractivity contribution in [3.63, 3.8) is 0 Å². The van der Waals surface area contributed by atoms with E-state index < -0.39 is 0 Å². The second-order valence-electron chi connectivity index (χ2n) is 3.64. The van der Waals surface area contributed by atoms with Crippen LogP contribution in [0.25, 0.3) is 0 Å². The lowest BCUT2D eigenvalue weighted by molar-refractivity contribution is 0.554. The van der Waals surface area contributed by atoms with Crippen LogP contribution in [0.2, 0.25) is 0 Å². The van der Waals surface area contributed by atoms with Crippen LogP contribution in [0.4, 0.5) is 5.82 Å². The minimum absolute atomic E-state index is 0.545. The van der Waals surface area contributed by atoms with Gasteiger partial charge in [-0.25, -0.2) is 4.98 Å². The summed E-state index contributed by atoms with van der Waals surface area (Å²) in [5.41, 5.74) is 5.64. The highest BCUT2D eigenvalue weighted by molar-refractivity contribution is 5.39. The van der Waals surface area contributed by atoms with E-state index in [0.717, 1.165) is 25.2 Å². The molecule has 0 saturated carbocycles. The lowest BCUT2D eigenvalue weighted by atomic mass is 10.1. The Kier molecular flexibility index (Phi) is 5.12. The van der Waals surface area contributed by atoms with E-state index in [9.17, 15) is 0 Å². The third kappa shape index (κ3) is 3.20. The fraction of sp³-hybridized carbons (Fsp3) is 0.583. The van der Waals surface area contributed by atoms with E-state index in [1.165, 1.54) is 0 Å². The Morgan fingerprint density at radius 1 is 1.33 bits per heavy atom. The number of rotatable bonds is 6. The highest BCUT2D eigenvalue weighted by Gasteiger charge is 2.15. The quantitative estimate of drug-likeness (QED) is 0.776. The molecule has 1 aromatic heterocycles. The van der Waals surface area contributed by atoms with E-state index in [1.54, 1.807) is 0 Å². The Morgan fingerprint density at radius 3 is 2.53 bits per heavy atom. The molecule has 0 aromatic carbocycles. The van der Waals surface area contributed by atoms with Crippen molar-refractivity contribution in [3.8, 4) is 0 Å². The zero-order chi connectivity index (χ0) is 11.1. The van der Waals surface area contributed by atoms with Crippen LogP contribution in [0.15, 0.2) is 24.4 Å². The average molecular weight is 207 g/mol. The van der Waals surface area contributed by atoms with E-state index in [1.807, 2.05) is 24.4 Å². The molecule has 0 aliphatic rings. The molecule has 2 N–H and O–H groups in total. The molecule has 1 heterocycles.